The lowest BCUT2D eigenvalue weighted by Crippen LogP contribution is -2.35. The Balaban J connectivity index is 1.74. The number of carbonyl (C=O) groups is 2. The molecule has 12 heteroatoms. The van der Waals surface area contributed by atoms with Crippen LogP contribution in [-0.4, -0.2) is 43.8 Å². The fourth-order valence-corrected chi connectivity index (χ4v) is 6.36. The molecular weight excluding hydrogens is 616 g/mol. The molecule has 4 rings (SSSR count). The van der Waals surface area contributed by atoms with Crippen LogP contribution < -0.4 is 4.74 Å². The first-order valence-electron chi connectivity index (χ1n) is 14.9. The molecule has 1 saturated heterocycles. The SMILES string of the molecule is COC(=O)C(C)(C)Cc1ccc(OC)c(C2=C(CN3C(=O)OC(c4cc(C(F)(F)F)cc(C(F)(F)F)c4)[C@@H]3C)CC(C)(C)CC2)c1. The number of hydrogen-bond acceptors (Lipinski definition) is 5. The van der Waals surface area contributed by atoms with E-state index >= 15 is 0 Å². The molecular formula is C34H39F6NO5. The molecule has 0 spiro atoms. The number of allylic oxidation sites excluding steroid dienone is 1. The highest BCUT2D eigenvalue weighted by Crippen LogP contribution is 2.47. The Kier molecular flexibility index (Phi) is 9.54. The number of benzene rings is 2. The van der Waals surface area contributed by atoms with Crippen molar-refractivity contribution in [3.05, 3.63) is 69.8 Å². The van der Waals surface area contributed by atoms with Crippen LogP contribution in [0.4, 0.5) is 31.1 Å². The van der Waals surface area contributed by atoms with E-state index < -0.39 is 47.1 Å². The van der Waals surface area contributed by atoms with Gasteiger partial charge in [0.15, 0.2) is 0 Å². The fourth-order valence-electron chi connectivity index (χ4n) is 6.36. The molecule has 2 aromatic rings. The van der Waals surface area contributed by atoms with Gasteiger partial charge in [-0.3, -0.25) is 9.69 Å². The van der Waals surface area contributed by atoms with Gasteiger partial charge < -0.3 is 14.2 Å². The van der Waals surface area contributed by atoms with Crippen molar-refractivity contribution >= 4 is 17.6 Å². The van der Waals surface area contributed by atoms with Gasteiger partial charge in [-0.25, -0.2) is 4.79 Å². The Labute approximate surface area is 264 Å². The molecule has 1 fully saturated rings. The highest BCUT2D eigenvalue weighted by Gasteiger charge is 2.44. The highest BCUT2D eigenvalue weighted by molar-refractivity contribution is 5.78. The van der Waals surface area contributed by atoms with E-state index in [0.717, 1.165) is 28.7 Å². The molecule has 0 saturated carbocycles. The molecule has 0 bridgehead atoms. The quantitative estimate of drug-likeness (QED) is 0.210. The summed E-state index contributed by atoms with van der Waals surface area (Å²) in [4.78, 5) is 26.9. The number of rotatable bonds is 8. The zero-order valence-electron chi connectivity index (χ0n) is 26.9. The molecule has 252 valence electrons. The number of cyclic esters (lactones) is 1. The summed E-state index contributed by atoms with van der Waals surface area (Å²) in [6.07, 6.45) is -9.84. The molecule has 0 N–H and O–H groups in total. The van der Waals surface area contributed by atoms with Gasteiger partial charge in [0.2, 0.25) is 0 Å². The van der Waals surface area contributed by atoms with E-state index in [-0.39, 0.29) is 29.6 Å². The minimum Gasteiger partial charge on any atom is -0.496 e. The minimum absolute atomic E-state index is 0.0533. The molecule has 1 heterocycles. The molecule has 0 aromatic heterocycles. The summed E-state index contributed by atoms with van der Waals surface area (Å²) < 4.78 is 97.6. The number of nitrogens with zero attached hydrogens (tertiary/aromatic N) is 1. The average Bonchev–Trinajstić information content (AvgIpc) is 3.23. The lowest BCUT2D eigenvalue weighted by molar-refractivity contribution is -0.150. The van der Waals surface area contributed by atoms with Gasteiger partial charge in [0, 0.05) is 12.1 Å². The van der Waals surface area contributed by atoms with Gasteiger partial charge in [0.25, 0.3) is 0 Å². The van der Waals surface area contributed by atoms with Crippen LogP contribution in [0.2, 0.25) is 0 Å². The maximum atomic E-state index is 13.6. The predicted octanol–water partition coefficient (Wildman–Crippen LogP) is 9.02. The van der Waals surface area contributed by atoms with Crippen LogP contribution in [0.25, 0.3) is 5.57 Å². The molecule has 1 aliphatic heterocycles. The van der Waals surface area contributed by atoms with Crippen molar-refractivity contribution in [1.29, 1.82) is 0 Å². The molecule has 2 atom stereocenters. The molecule has 6 nitrogen and oxygen atoms in total. The van der Waals surface area contributed by atoms with E-state index in [1.807, 2.05) is 18.2 Å². The number of carbonyl (C=O) groups excluding carboxylic acids is 2. The molecule has 46 heavy (non-hydrogen) atoms. The van der Waals surface area contributed by atoms with Gasteiger partial charge in [-0.05, 0) is 104 Å². The lowest BCUT2D eigenvalue weighted by Gasteiger charge is -2.36. The Morgan fingerprint density at radius 2 is 1.61 bits per heavy atom. The number of halogens is 6. The standard InChI is InChI=1S/C34H39F6NO5/c1-19-28(21-13-23(33(35,36)37)15-24(14-21)34(38,39)40)46-30(43)41(19)18-22-17-31(2,3)11-10-25(22)26-12-20(8-9-27(26)44-6)16-32(4,5)29(42)45-7/h8-9,12-15,19,28H,10-11,16-18H2,1-7H3/t19-,28?/m0/s1. The van der Waals surface area contributed by atoms with Crippen molar-refractivity contribution in [1.82, 2.24) is 4.90 Å². The summed E-state index contributed by atoms with van der Waals surface area (Å²) in [6.45, 7) is 9.36. The fraction of sp³-hybridized carbons (Fsp3) is 0.529. The largest absolute Gasteiger partial charge is 0.496 e. The number of ether oxygens (including phenoxy) is 3. The van der Waals surface area contributed by atoms with E-state index in [1.54, 1.807) is 27.9 Å². The van der Waals surface area contributed by atoms with E-state index in [1.165, 1.54) is 12.0 Å². The van der Waals surface area contributed by atoms with Gasteiger partial charge in [-0.1, -0.05) is 19.9 Å². The Morgan fingerprint density at radius 1 is 1.00 bits per heavy atom. The molecule has 2 aromatic carbocycles. The van der Waals surface area contributed by atoms with E-state index in [4.69, 9.17) is 14.2 Å². The van der Waals surface area contributed by atoms with Crippen LogP contribution in [0, 0.1) is 10.8 Å². The van der Waals surface area contributed by atoms with Crippen molar-refractivity contribution in [3.63, 3.8) is 0 Å². The van der Waals surface area contributed by atoms with Crippen LogP contribution in [-0.2, 0) is 33.0 Å². The maximum absolute atomic E-state index is 13.6. The van der Waals surface area contributed by atoms with Gasteiger partial charge in [-0.2, -0.15) is 26.3 Å². The zero-order chi connectivity index (χ0) is 34.4. The number of amides is 1. The minimum atomic E-state index is -5.03. The summed E-state index contributed by atoms with van der Waals surface area (Å²) >= 11 is 0. The summed E-state index contributed by atoms with van der Waals surface area (Å²) in [5.41, 5.74) is -0.819. The third kappa shape index (κ3) is 7.47. The van der Waals surface area contributed by atoms with Crippen molar-refractivity contribution in [2.24, 2.45) is 10.8 Å². The summed E-state index contributed by atoms with van der Waals surface area (Å²) in [5, 5.41) is 0. The number of hydrogen-bond donors (Lipinski definition) is 0. The van der Waals surface area contributed by atoms with Crippen LogP contribution in [0.5, 0.6) is 5.75 Å². The van der Waals surface area contributed by atoms with Crippen molar-refractivity contribution in [3.8, 4) is 5.75 Å². The number of esters is 1. The predicted molar refractivity (Wildman–Crippen MR) is 159 cm³/mol. The van der Waals surface area contributed by atoms with E-state index in [9.17, 15) is 35.9 Å². The van der Waals surface area contributed by atoms with Gasteiger partial charge in [-0.15, -0.1) is 0 Å². The lowest BCUT2D eigenvalue weighted by atomic mass is 9.72. The van der Waals surface area contributed by atoms with Crippen molar-refractivity contribution < 1.29 is 50.1 Å². The molecule has 0 radical (unpaired) electrons. The van der Waals surface area contributed by atoms with Crippen molar-refractivity contribution in [2.45, 2.75) is 84.8 Å². The Morgan fingerprint density at radius 3 is 2.15 bits per heavy atom. The second-order valence-corrected chi connectivity index (χ2v) is 13.5. The average molecular weight is 656 g/mol. The third-order valence-electron chi connectivity index (χ3n) is 8.84. The summed E-state index contributed by atoms with van der Waals surface area (Å²) in [5.74, 6) is 0.230. The summed E-state index contributed by atoms with van der Waals surface area (Å²) in [6, 6.07) is 6.03. The van der Waals surface area contributed by atoms with E-state index in [2.05, 4.69) is 13.8 Å². The van der Waals surface area contributed by atoms with Gasteiger partial charge in [0.05, 0.1) is 36.8 Å². The molecule has 1 amide bonds. The van der Waals surface area contributed by atoms with Crippen LogP contribution in [0.3, 0.4) is 0 Å². The van der Waals surface area contributed by atoms with Gasteiger partial charge in [0.1, 0.15) is 11.9 Å². The van der Waals surface area contributed by atoms with Crippen LogP contribution >= 0.6 is 0 Å². The number of alkyl halides is 6. The monoisotopic (exact) mass is 655 g/mol. The van der Waals surface area contributed by atoms with Crippen LogP contribution in [0.15, 0.2) is 42.0 Å². The zero-order valence-corrected chi connectivity index (χ0v) is 26.9. The normalized spacial score (nSPS) is 20.5. The van der Waals surface area contributed by atoms with E-state index in [0.29, 0.717) is 37.1 Å². The Bertz CT molecular complexity index is 1490. The third-order valence-corrected chi connectivity index (χ3v) is 8.84. The molecule has 1 aliphatic carbocycles. The second kappa shape index (κ2) is 12.5. The second-order valence-electron chi connectivity index (χ2n) is 13.5. The molecule has 1 unspecified atom stereocenters. The smallest absolute Gasteiger partial charge is 0.416 e. The van der Waals surface area contributed by atoms with Crippen LogP contribution in [0.1, 0.15) is 87.8 Å². The highest BCUT2D eigenvalue weighted by atomic mass is 19.4. The summed E-state index contributed by atoms with van der Waals surface area (Å²) in [7, 11) is 2.88. The topological polar surface area (TPSA) is 65.1 Å². The maximum Gasteiger partial charge on any atom is 0.416 e. The first-order chi connectivity index (χ1) is 21.2. The molecule has 2 aliphatic rings. The first kappa shape index (κ1) is 35.2. The Hall–Kier alpha value is -3.70. The van der Waals surface area contributed by atoms with Crippen molar-refractivity contribution in [2.75, 3.05) is 20.8 Å². The number of methoxy groups -OCH3 is 2. The van der Waals surface area contributed by atoms with Gasteiger partial charge >= 0.3 is 24.4 Å². The first-order valence-corrected chi connectivity index (χ1v) is 14.9.